The Bertz CT molecular complexity index is 460. The Balaban J connectivity index is 2.08. The van der Waals surface area contributed by atoms with E-state index in [1.807, 2.05) is 36.1 Å². The molecule has 4 heteroatoms. The van der Waals surface area contributed by atoms with Gasteiger partial charge >= 0.3 is 0 Å². The van der Waals surface area contributed by atoms with Crippen LogP contribution in [0, 0.1) is 5.92 Å². The van der Waals surface area contributed by atoms with Gasteiger partial charge in [0.2, 0.25) is 0 Å². The number of amides is 1. The van der Waals surface area contributed by atoms with Crippen molar-refractivity contribution in [3.8, 4) is 0 Å². The van der Waals surface area contributed by atoms with Crippen LogP contribution in [0.15, 0.2) is 24.3 Å². The summed E-state index contributed by atoms with van der Waals surface area (Å²) in [6.07, 6.45) is 2.15. The molecule has 0 spiro atoms. The number of rotatable bonds is 4. The van der Waals surface area contributed by atoms with E-state index in [9.17, 15) is 4.79 Å². The molecule has 1 saturated heterocycles. The van der Waals surface area contributed by atoms with Crippen LogP contribution in [0.5, 0.6) is 0 Å². The third-order valence-corrected chi connectivity index (χ3v) is 3.97. The molecule has 1 heterocycles. The molecule has 1 aliphatic rings. The molecule has 2 atom stereocenters. The van der Waals surface area contributed by atoms with Gasteiger partial charge in [0.05, 0.1) is 6.61 Å². The monoisotopic (exact) mass is 276 g/mol. The van der Waals surface area contributed by atoms with E-state index in [1.165, 1.54) is 0 Å². The van der Waals surface area contributed by atoms with Gasteiger partial charge in [0.25, 0.3) is 5.91 Å². The molecule has 1 aromatic rings. The predicted molar refractivity (Wildman–Crippen MR) is 79.4 cm³/mol. The fourth-order valence-electron chi connectivity index (χ4n) is 2.77. The van der Waals surface area contributed by atoms with Gasteiger partial charge in [-0.15, -0.1) is 0 Å². The number of nitrogens with two attached hydrogens (primary N) is 1. The molecular formula is C16H24N2O2. The number of benzene rings is 1. The normalized spacial score (nSPS) is 20.8. The van der Waals surface area contributed by atoms with E-state index in [1.54, 1.807) is 7.11 Å². The summed E-state index contributed by atoms with van der Waals surface area (Å²) in [5.41, 5.74) is 7.74. The van der Waals surface area contributed by atoms with E-state index in [0.717, 1.165) is 37.1 Å². The van der Waals surface area contributed by atoms with Crippen LogP contribution in [0.25, 0.3) is 0 Å². The Morgan fingerprint density at radius 2 is 2.35 bits per heavy atom. The summed E-state index contributed by atoms with van der Waals surface area (Å²) in [6, 6.07) is 7.82. The molecule has 0 aromatic heterocycles. The zero-order valence-electron chi connectivity index (χ0n) is 12.3. The van der Waals surface area contributed by atoms with Gasteiger partial charge in [-0.2, -0.15) is 0 Å². The summed E-state index contributed by atoms with van der Waals surface area (Å²) in [4.78, 5) is 14.5. The Hall–Kier alpha value is -1.39. The van der Waals surface area contributed by atoms with Crippen LogP contribution in [-0.2, 0) is 11.3 Å². The molecular weight excluding hydrogens is 252 g/mol. The molecule has 1 fully saturated rings. The first-order valence-electron chi connectivity index (χ1n) is 7.24. The Labute approximate surface area is 120 Å². The van der Waals surface area contributed by atoms with Gasteiger partial charge in [0.15, 0.2) is 0 Å². The number of hydrogen-bond donors (Lipinski definition) is 1. The fraction of sp³-hybridized carbons (Fsp3) is 0.562. The van der Waals surface area contributed by atoms with Crippen LogP contribution in [0.2, 0.25) is 0 Å². The number of methoxy groups -OCH3 is 1. The molecule has 2 rings (SSSR count). The Morgan fingerprint density at radius 3 is 3.05 bits per heavy atom. The van der Waals surface area contributed by atoms with Crippen LogP contribution >= 0.6 is 0 Å². The van der Waals surface area contributed by atoms with E-state index in [4.69, 9.17) is 10.5 Å². The maximum absolute atomic E-state index is 12.6. The molecule has 0 aliphatic carbocycles. The van der Waals surface area contributed by atoms with Gasteiger partial charge in [-0.1, -0.05) is 12.1 Å². The molecule has 20 heavy (non-hydrogen) atoms. The minimum absolute atomic E-state index is 0.105. The second-order valence-electron chi connectivity index (χ2n) is 5.65. The number of likely N-dealkylation sites (tertiary alicyclic amines) is 1. The Morgan fingerprint density at radius 1 is 1.55 bits per heavy atom. The zero-order valence-corrected chi connectivity index (χ0v) is 12.3. The third-order valence-electron chi connectivity index (χ3n) is 3.97. The number of hydrogen-bond acceptors (Lipinski definition) is 3. The van der Waals surface area contributed by atoms with Gasteiger partial charge in [-0.25, -0.2) is 0 Å². The summed E-state index contributed by atoms with van der Waals surface area (Å²) >= 11 is 0. The first-order chi connectivity index (χ1) is 9.61. The number of carbonyl (C=O) groups excluding carboxylic acids is 1. The van der Waals surface area contributed by atoms with Crippen LogP contribution < -0.4 is 5.73 Å². The molecule has 0 radical (unpaired) electrons. The van der Waals surface area contributed by atoms with Crippen molar-refractivity contribution in [3.05, 3.63) is 35.4 Å². The van der Waals surface area contributed by atoms with Crippen LogP contribution in [0.1, 0.15) is 35.7 Å². The number of carbonyl (C=O) groups is 1. The van der Waals surface area contributed by atoms with Gasteiger partial charge in [-0.3, -0.25) is 4.79 Å². The van der Waals surface area contributed by atoms with E-state index in [0.29, 0.717) is 12.5 Å². The van der Waals surface area contributed by atoms with Gasteiger partial charge in [-0.05, 0) is 43.4 Å². The molecule has 0 bridgehead atoms. The highest BCUT2D eigenvalue weighted by atomic mass is 16.5. The van der Waals surface area contributed by atoms with Crippen molar-refractivity contribution in [2.24, 2.45) is 11.7 Å². The minimum atomic E-state index is 0.105. The number of ether oxygens (including phenoxy) is 1. The van der Waals surface area contributed by atoms with Gasteiger partial charge in [0.1, 0.15) is 0 Å². The molecule has 1 amide bonds. The summed E-state index contributed by atoms with van der Waals surface area (Å²) < 4.78 is 5.12. The first kappa shape index (κ1) is 15.0. The van der Waals surface area contributed by atoms with E-state index < -0.39 is 0 Å². The lowest BCUT2D eigenvalue weighted by molar-refractivity contribution is 0.0660. The molecule has 110 valence electrons. The average molecular weight is 276 g/mol. The van der Waals surface area contributed by atoms with Crippen molar-refractivity contribution in [2.45, 2.75) is 32.4 Å². The van der Waals surface area contributed by atoms with Crippen molar-refractivity contribution < 1.29 is 9.53 Å². The summed E-state index contributed by atoms with van der Waals surface area (Å²) in [5, 5.41) is 0. The van der Waals surface area contributed by atoms with Crippen molar-refractivity contribution in [1.82, 2.24) is 4.90 Å². The van der Waals surface area contributed by atoms with E-state index >= 15 is 0 Å². The smallest absolute Gasteiger partial charge is 0.253 e. The van der Waals surface area contributed by atoms with Crippen molar-refractivity contribution >= 4 is 5.91 Å². The standard InChI is InChI=1S/C16H24N2O2/c1-12(17)15-7-4-8-18(10-15)16(19)14-6-3-5-13(9-14)11-20-2/h3,5-6,9,12,15H,4,7-8,10-11,17H2,1-2H3. The highest BCUT2D eigenvalue weighted by Gasteiger charge is 2.26. The highest BCUT2D eigenvalue weighted by Crippen LogP contribution is 2.21. The highest BCUT2D eigenvalue weighted by molar-refractivity contribution is 5.94. The molecule has 2 unspecified atom stereocenters. The summed E-state index contributed by atoms with van der Waals surface area (Å²) in [5.74, 6) is 0.517. The lowest BCUT2D eigenvalue weighted by Gasteiger charge is -2.34. The van der Waals surface area contributed by atoms with Gasteiger partial charge < -0.3 is 15.4 Å². The Kier molecular flexibility index (Phi) is 5.15. The third kappa shape index (κ3) is 3.58. The lowest BCUT2D eigenvalue weighted by atomic mass is 9.92. The number of piperidine rings is 1. The molecule has 2 N–H and O–H groups in total. The average Bonchev–Trinajstić information content (AvgIpc) is 2.47. The number of nitrogens with zero attached hydrogens (tertiary/aromatic N) is 1. The SMILES string of the molecule is COCc1cccc(C(=O)N2CCCC(C(C)N)C2)c1. The molecule has 1 aliphatic heterocycles. The summed E-state index contributed by atoms with van der Waals surface area (Å²) in [6.45, 7) is 4.16. The zero-order chi connectivity index (χ0) is 14.5. The molecule has 4 nitrogen and oxygen atoms in total. The van der Waals surface area contributed by atoms with Crippen molar-refractivity contribution in [2.75, 3.05) is 20.2 Å². The van der Waals surface area contributed by atoms with Crippen LogP contribution in [0.4, 0.5) is 0 Å². The second-order valence-corrected chi connectivity index (χ2v) is 5.65. The van der Waals surface area contributed by atoms with Crippen molar-refractivity contribution in [3.63, 3.8) is 0 Å². The topological polar surface area (TPSA) is 55.6 Å². The fourth-order valence-corrected chi connectivity index (χ4v) is 2.77. The quantitative estimate of drug-likeness (QED) is 0.915. The maximum atomic E-state index is 12.6. The van der Waals surface area contributed by atoms with Gasteiger partial charge in [0, 0.05) is 31.8 Å². The van der Waals surface area contributed by atoms with E-state index in [2.05, 4.69) is 0 Å². The minimum Gasteiger partial charge on any atom is -0.380 e. The lowest BCUT2D eigenvalue weighted by Crippen LogP contribution is -2.45. The maximum Gasteiger partial charge on any atom is 0.253 e. The second kappa shape index (κ2) is 6.86. The van der Waals surface area contributed by atoms with Crippen molar-refractivity contribution in [1.29, 1.82) is 0 Å². The van der Waals surface area contributed by atoms with Crippen LogP contribution in [0.3, 0.4) is 0 Å². The molecule has 1 aromatic carbocycles. The van der Waals surface area contributed by atoms with Crippen LogP contribution in [-0.4, -0.2) is 37.0 Å². The summed E-state index contributed by atoms with van der Waals surface area (Å²) in [7, 11) is 1.66. The first-order valence-corrected chi connectivity index (χ1v) is 7.24. The largest absolute Gasteiger partial charge is 0.380 e. The van der Waals surface area contributed by atoms with E-state index in [-0.39, 0.29) is 11.9 Å². The predicted octanol–water partition coefficient (Wildman–Crippen LogP) is 2.03. The molecule has 0 saturated carbocycles.